The highest BCUT2D eigenvalue weighted by molar-refractivity contribution is 5.42. The topological polar surface area (TPSA) is 26.0 Å². The fraction of sp³-hybridized carbons (Fsp3) is 0.600. The molecular formula is C15H21F4N. The smallest absolute Gasteiger partial charge is 0.319 e. The van der Waals surface area contributed by atoms with Gasteiger partial charge in [-0.05, 0) is 41.5 Å². The van der Waals surface area contributed by atoms with Gasteiger partial charge in [0.2, 0.25) is 0 Å². The highest BCUT2D eigenvalue weighted by Gasteiger charge is 2.48. The van der Waals surface area contributed by atoms with E-state index >= 15 is 0 Å². The zero-order valence-corrected chi connectivity index (χ0v) is 12.0. The molecule has 0 spiro atoms. The van der Waals surface area contributed by atoms with Crippen molar-refractivity contribution in [3.05, 3.63) is 34.4 Å². The summed E-state index contributed by atoms with van der Waals surface area (Å²) in [4.78, 5) is 0. The molecule has 0 heterocycles. The summed E-state index contributed by atoms with van der Waals surface area (Å²) in [6, 6.07) is 1.60. The molecule has 0 bridgehead atoms. The van der Waals surface area contributed by atoms with Crippen LogP contribution in [0.3, 0.4) is 0 Å². The molecule has 0 aliphatic carbocycles. The van der Waals surface area contributed by atoms with Gasteiger partial charge in [-0.3, -0.25) is 0 Å². The van der Waals surface area contributed by atoms with E-state index in [0.717, 1.165) is 12.0 Å². The molecule has 1 aromatic rings. The van der Waals surface area contributed by atoms with Crippen LogP contribution >= 0.6 is 0 Å². The van der Waals surface area contributed by atoms with Gasteiger partial charge in [0, 0.05) is 0 Å². The molecule has 0 aromatic heterocycles. The van der Waals surface area contributed by atoms with E-state index in [2.05, 4.69) is 0 Å². The summed E-state index contributed by atoms with van der Waals surface area (Å²) in [5, 5.41) is 0. The second-order valence-corrected chi connectivity index (χ2v) is 4.84. The Morgan fingerprint density at radius 2 is 1.45 bits per heavy atom. The minimum absolute atomic E-state index is 0.178. The quantitative estimate of drug-likeness (QED) is 0.778. The Bertz CT molecular complexity index is 432. The predicted octanol–water partition coefficient (Wildman–Crippen LogP) is 4.27. The summed E-state index contributed by atoms with van der Waals surface area (Å²) in [5.41, 5.74) is 7.94. The summed E-state index contributed by atoms with van der Waals surface area (Å²) in [7, 11) is 0. The molecule has 0 saturated carbocycles. The molecule has 1 rings (SSSR count). The highest BCUT2D eigenvalue weighted by Crippen LogP contribution is 2.38. The maximum atomic E-state index is 13.6. The van der Waals surface area contributed by atoms with E-state index in [1.807, 2.05) is 20.8 Å². The van der Waals surface area contributed by atoms with Gasteiger partial charge in [-0.25, -0.2) is 8.78 Å². The van der Waals surface area contributed by atoms with Gasteiger partial charge < -0.3 is 5.73 Å². The van der Waals surface area contributed by atoms with Crippen LogP contribution in [-0.4, -0.2) is 12.3 Å². The zero-order valence-electron chi connectivity index (χ0n) is 12.0. The molecule has 114 valence electrons. The van der Waals surface area contributed by atoms with Crippen molar-refractivity contribution in [2.75, 3.05) is 0 Å². The molecule has 0 radical (unpaired) electrons. The molecule has 1 atom stereocenters. The Hall–Kier alpha value is -1.10. The number of nitrogens with two attached hydrogens (primary N) is 1. The Morgan fingerprint density at radius 1 is 1.00 bits per heavy atom. The number of hydrogen-bond donors (Lipinski definition) is 1. The molecular weight excluding hydrogens is 270 g/mol. The number of halogens is 4. The average molecular weight is 291 g/mol. The van der Waals surface area contributed by atoms with E-state index in [4.69, 9.17) is 5.73 Å². The number of hydrogen-bond acceptors (Lipinski definition) is 1. The summed E-state index contributed by atoms with van der Waals surface area (Å²) in [6.07, 6.45) is -2.02. The third kappa shape index (κ3) is 3.14. The lowest BCUT2D eigenvalue weighted by Crippen LogP contribution is -2.40. The number of benzene rings is 1. The first-order chi connectivity index (χ1) is 9.29. The number of rotatable bonds is 6. The van der Waals surface area contributed by atoms with E-state index in [1.54, 1.807) is 12.1 Å². The Morgan fingerprint density at radius 3 is 1.75 bits per heavy atom. The van der Waals surface area contributed by atoms with Crippen LogP contribution in [0.2, 0.25) is 0 Å². The first-order valence-electron chi connectivity index (χ1n) is 6.85. The van der Waals surface area contributed by atoms with Crippen molar-refractivity contribution in [1.82, 2.24) is 0 Å². The van der Waals surface area contributed by atoms with Crippen LogP contribution in [0.1, 0.15) is 49.1 Å². The van der Waals surface area contributed by atoms with Gasteiger partial charge in [0.05, 0.1) is 0 Å². The van der Waals surface area contributed by atoms with Crippen molar-refractivity contribution < 1.29 is 17.6 Å². The van der Waals surface area contributed by atoms with Crippen LogP contribution in [0.4, 0.5) is 17.6 Å². The minimum Gasteiger partial charge on any atom is -0.319 e. The molecule has 0 amide bonds. The summed E-state index contributed by atoms with van der Waals surface area (Å²) in [6.45, 7) is 5.58. The maximum absolute atomic E-state index is 13.6. The van der Waals surface area contributed by atoms with Gasteiger partial charge >= 0.3 is 12.3 Å². The first-order valence-corrected chi connectivity index (χ1v) is 6.85. The highest BCUT2D eigenvalue weighted by atomic mass is 19.3. The lowest BCUT2D eigenvalue weighted by atomic mass is 9.87. The monoisotopic (exact) mass is 291 g/mol. The van der Waals surface area contributed by atoms with Crippen LogP contribution < -0.4 is 5.73 Å². The third-order valence-corrected chi connectivity index (χ3v) is 3.60. The summed E-state index contributed by atoms with van der Waals surface area (Å²) in [5.74, 6) is -4.22. The molecule has 20 heavy (non-hydrogen) atoms. The van der Waals surface area contributed by atoms with E-state index in [-0.39, 0.29) is 5.56 Å². The second-order valence-electron chi connectivity index (χ2n) is 4.84. The van der Waals surface area contributed by atoms with E-state index in [1.165, 1.54) is 0 Å². The lowest BCUT2D eigenvalue weighted by Gasteiger charge is -2.27. The van der Waals surface area contributed by atoms with Crippen LogP contribution in [0.5, 0.6) is 0 Å². The third-order valence-electron chi connectivity index (χ3n) is 3.60. The standard InChI is InChI=1S/C15H21F4N/c1-4-9-7-10(5-2)12(11(6-3)8-9)13(20)15(18,19)14(16)17/h7-8,13-14H,4-6,20H2,1-3H3. The largest absolute Gasteiger partial charge is 0.326 e. The zero-order chi connectivity index (χ0) is 15.5. The van der Waals surface area contributed by atoms with E-state index in [9.17, 15) is 17.6 Å². The van der Waals surface area contributed by atoms with Crippen LogP contribution in [0.15, 0.2) is 12.1 Å². The van der Waals surface area contributed by atoms with Crippen molar-refractivity contribution in [1.29, 1.82) is 0 Å². The molecule has 0 saturated heterocycles. The van der Waals surface area contributed by atoms with Crippen LogP contribution in [0.25, 0.3) is 0 Å². The van der Waals surface area contributed by atoms with E-state index < -0.39 is 18.4 Å². The predicted molar refractivity (Wildman–Crippen MR) is 72.5 cm³/mol. The van der Waals surface area contributed by atoms with Crippen molar-refractivity contribution >= 4 is 0 Å². The van der Waals surface area contributed by atoms with E-state index in [0.29, 0.717) is 24.0 Å². The van der Waals surface area contributed by atoms with Crippen molar-refractivity contribution in [2.24, 2.45) is 5.73 Å². The summed E-state index contributed by atoms with van der Waals surface area (Å²) >= 11 is 0. The molecule has 0 aliphatic heterocycles. The first kappa shape index (κ1) is 17.0. The van der Waals surface area contributed by atoms with Crippen LogP contribution in [0, 0.1) is 0 Å². The molecule has 5 heteroatoms. The fourth-order valence-electron chi connectivity index (χ4n) is 2.37. The second kappa shape index (κ2) is 6.57. The molecule has 0 fully saturated rings. The average Bonchev–Trinajstić information content (AvgIpc) is 2.44. The Labute approximate surface area is 117 Å². The summed E-state index contributed by atoms with van der Waals surface area (Å²) < 4.78 is 52.2. The van der Waals surface area contributed by atoms with Gasteiger partial charge in [0.1, 0.15) is 6.04 Å². The Balaban J connectivity index is 3.42. The van der Waals surface area contributed by atoms with Gasteiger partial charge in [0.15, 0.2) is 0 Å². The van der Waals surface area contributed by atoms with Gasteiger partial charge in [-0.1, -0.05) is 32.9 Å². The lowest BCUT2D eigenvalue weighted by molar-refractivity contribution is -0.144. The SMILES string of the molecule is CCc1cc(CC)c(C(N)C(F)(F)C(F)F)c(CC)c1. The van der Waals surface area contributed by atoms with Gasteiger partial charge in [-0.2, -0.15) is 8.78 Å². The maximum Gasteiger partial charge on any atom is 0.326 e. The molecule has 1 aromatic carbocycles. The normalized spacial score (nSPS) is 13.8. The van der Waals surface area contributed by atoms with Crippen LogP contribution in [-0.2, 0) is 19.3 Å². The van der Waals surface area contributed by atoms with Crippen molar-refractivity contribution in [2.45, 2.75) is 58.4 Å². The number of alkyl halides is 4. The molecule has 0 aliphatic rings. The van der Waals surface area contributed by atoms with Gasteiger partial charge in [-0.15, -0.1) is 0 Å². The molecule has 1 nitrogen and oxygen atoms in total. The van der Waals surface area contributed by atoms with Gasteiger partial charge in [0.25, 0.3) is 0 Å². The number of aryl methyl sites for hydroxylation is 3. The Kier molecular flexibility index (Phi) is 5.57. The van der Waals surface area contributed by atoms with Crippen molar-refractivity contribution in [3.63, 3.8) is 0 Å². The minimum atomic E-state index is -4.22. The molecule has 2 N–H and O–H groups in total. The van der Waals surface area contributed by atoms with Crippen molar-refractivity contribution in [3.8, 4) is 0 Å². The molecule has 1 unspecified atom stereocenters. The fourth-order valence-corrected chi connectivity index (χ4v) is 2.37.